The summed E-state index contributed by atoms with van der Waals surface area (Å²) in [4.78, 5) is 16.6. The minimum Gasteiger partial charge on any atom is -0.309 e. The number of para-hydroxylation sites is 2. The lowest BCUT2D eigenvalue weighted by Gasteiger charge is -2.42. The molecule has 2 aliphatic rings. The maximum absolute atomic E-state index is 5.65. The van der Waals surface area contributed by atoms with Crippen LogP contribution >= 0.6 is 0 Å². The number of rotatable bonds is 7. The second kappa shape index (κ2) is 15.6. The Labute approximate surface area is 399 Å². The van der Waals surface area contributed by atoms with E-state index in [1.54, 1.807) is 0 Å². The maximum Gasteiger partial charge on any atom is 0.238 e. The molecule has 0 radical (unpaired) electrons. The second-order valence-electron chi connectivity index (χ2n) is 18.2. The van der Waals surface area contributed by atoms with E-state index in [2.05, 4.69) is 246 Å². The van der Waals surface area contributed by atoms with Crippen molar-refractivity contribution >= 4 is 49.2 Å². The lowest BCUT2D eigenvalue weighted by molar-refractivity contribution is 0.728. The first-order chi connectivity index (χ1) is 34.2. The van der Waals surface area contributed by atoms with Crippen molar-refractivity contribution in [3.05, 3.63) is 265 Å². The van der Waals surface area contributed by atoms with E-state index in [0.717, 1.165) is 78.9 Å². The van der Waals surface area contributed by atoms with Crippen LogP contribution in [0.1, 0.15) is 40.9 Å². The van der Waals surface area contributed by atoms with Gasteiger partial charge in [0, 0.05) is 32.7 Å². The van der Waals surface area contributed by atoms with Gasteiger partial charge in [0.2, 0.25) is 5.95 Å². The number of hydrogen-bond donors (Lipinski definition) is 0. The lowest BCUT2D eigenvalue weighted by atomic mass is 9.63. The highest BCUT2D eigenvalue weighted by Crippen LogP contribution is 2.55. The molecule has 0 fully saturated rings. The van der Waals surface area contributed by atoms with Gasteiger partial charge in [-0.3, -0.25) is 4.57 Å². The van der Waals surface area contributed by atoms with Gasteiger partial charge in [0.1, 0.15) is 0 Å². The fourth-order valence-electron chi connectivity index (χ4n) is 11.4. The molecule has 9 aromatic carbocycles. The molecule has 69 heavy (non-hydrogen) atoms. The number of aromatic nitrogens is 5. The zero-order chi connectivity index (χ0) is 45.5. The average Bonchev–Trinajstić information content (AvgIpc) is 3.95. The third-order valence-corrected chi connectivity index (χ3v) is 14.5. The van der Waals surface area contributed by atoms with Crippen LogP contribution in [0.5, 0.6) is 0 Å². The largest absolute Gasteiger partial charge is 0.309 e. The predicted octanol–water partition coefficient (Wildman–Crippen LogP) is 15.5. The van der Waals surface area contributed by atoms with Gasteiger partial charge in [0.25, 0.3) is 0 Å². The van der Waals surface area contributed by atoms with Crippen LogP contribution in [0.25, 0.3) is 94.5 Å². The van der Waals surface area contributed by atoms with Crippen molar-refractivity contribution in [2.45, 2.75) is 18.3 Å². The van der Waals surface area contributed by atoms with Crippen molar-refractivity contribution < 1.29 is 0 Å². The van der Waals surface area contributed by atoms with E-state index in [9.17, 15) is 0 Å². The van der Waals surface area contributed by atoms with Crippen LogP contribution in [0.15, 0.2) is 237 Å². The summed E-state index contributed by atoms with van der Waals surface area (Å²) in [6.45, 7) is 0. The highest BCUT2D eigenvalue weighted by Gasteiger charge is 2.45. The minimum atomic E-state index is -0.681. The smallest absolute Gasteiger partial charge is 0.238 e. The van der Waals surface area contributed by atoms with Gasteiger partial charge in [0.05, 0.1) is 33.2 Å². The molecule has 5 nitrogen and oxygen atoms in total. The van der Waals surface area contributed by atoms with Crippen molar-refractivity contribution in [1.82, 2.24) is 24.1 Å². The van der Waals surface area contributed by atoms with Crippen LogP contribution < -0.4 is 0 Å². The van der Waals surface area contributed by atoms with Crippen LogP contribution in [0.2, 0.25) is 0 Å². The number of benzene rings is 9. The molecule has 1 aliphatic carbocycles. The van der Waals surface area contributed by atoms with Gasteiger partial charge in [-0.25, -0.2) is 4.98 Å². The molecule has 324 valence electrons. The third kappa shape index (κ3) is 6.00. The molecule has 4 heterocycles. The van der Waals surface area contributed by atoms with Crippen LogP contribution in [0, 0.1) is 0 Å². The number of hydrogen-bond acceptors (Lipinski definition) is 3. The summed E-state index contributed by atoms with van der Waals surface area (Å²) >= 11 is 0. The Morgan fingerprint density at radius 3 is 1.58 bits per heavy atom. The summed E-state index contributed by atoms with van der Waals surface area (Å²) in [5.41, 5.74) is 16.2. The van der Waals surface area contributed by atoms with E-state index >= 15 is 0 Å². The summed E-state index contributed by atoms with van der Waals surface area (Å²) < 4.78 is 4.76. The van der Waals surface area contributed by atoms with Gasteiger partial charge in [-0.15, -0.1) is 0 Å². The first-order valence-corrected chi connectivity index (χ1v) is 23.8. The number of fused-ring (bicyclic) bond motifs is 8. The van der Waals surface area contributed by atoms with Gasteiger partial charge < -0.3 is 4.57 Å². The molecule has 0 spiro atoms. The van der Waals surface area contributed by atoms with Crippen LogP contribution in [-0.4, -0.2) is 24.1 Å². The fourth-order valence-corrected chi connectivity index (χ4v) is 11.4. The van der Waals surface area contributed by atoms with Gasteiger partial charge in [-0.2, -0.15) is 9.97 Å². The van der Waals surface area contributed by atoms with Crippen LogP contribution in [0.3, 0.4) is 0 Å². The molecule has 0 unspecified atom stereocenters. The minimum absolute atomic E-state index is 0.573. The molecule has 14 rings (SSSR count). The lowest BCUT2D eigenvalue weighted by Crippen LogP contribution is -2.35. The normalized spacial score (nSPS) is 13.8. The average molecular weight is 882 g/mol. The summed E-state index contributed by atoms with van der Waals surface area (Å²) in [5, 5.41) is 4.61. The summed E-state index contributed by atoms with van der Waals surface area (Å²) in [6, 6.07) is 79.3. The Morgan fingerprint density at radius 2 is 0.942 bits per heavy atom. The molecule has 12 aromatic rings. The predicted molar refractivity (Wildman–Crippen MR) is 283 cm³/mol. The molecular formula is C64H43N5. The molecule has 3 aromatic heterocycles. The molecule has 1 aliphatic heterocycles. The molecule has 0 bridgehead atoms. The van der Waals surface area contributed by atoms with Crippen molar-refractivity contribution in [2.24, 2.45) is 0 Å². The van der Waals surface area contributed by atoms with Gasteiger partial charge >= 0.3 is 0 Å². The Kier molecular flexibility index (Phi) is 8.86. The Morgan fingerprint density at radius 1 is 0.377 bits per heavy atom. The van der Waals surface area contributed by atoms with Gasteiger partial charge in [-0.1, -0.05) is 200 Å². The molecular weight excluding hydrogens is 839 g/mol. The zero-order valence-corrected chi connectivity index (χ0v) is 37.7. The Balaban J connectivity index is 1.11. The number of nitrogens with zero attached hydrogens (tertiary/aromatic N) is 5. The zero-order valence-electron chi connectivity index (χ0n) is 37.7. The molecule has 0 saturated heterocycles. The highest BCUT2D eigenvalue weighted by molar-refractivity contribution is 6.14. The van der Waals surface area contributed by atoms with E-state index in [4.69, 9.17) is 15.0 Å². The standard InChI is InChI=1S/C64H43N5/c1-6-20-42(21-7-1)45-34-36-51-52-37-35-46(43-22-8-2-9-23-43)41-59(52)69(58(51)40-45)63-66-61(44-24-10-3-11-25-44)65-62(67-63)47-38-53-50-30-16-18-32-56(50)68-57-33-19-17-31-54(57)64(55(39-47)60(53)68,48-26-12-4-13-27-48)49-28-14-5-15-29-49/h1-2,4-10,12-41H,3,11H2. The first kappa shape index (κ1) is 39.3. The topological polar surface area (TPSA) is 48.5 Å². The molecule has 0 saturated carbocycles. The van der Waals surface area contributed by atoms with Crippen LogP contribution in [-0.2, 0) is 5.41 Å². The van der Waals surface area contributed by atoms with Crippen molar-refractivity contribution in [1.29, 1.82) is 0 Å². The van der Waals surface area contributed by atoms with Crippen molar-refractivity contribution in [3.8, 4) is 45.3 Å². The Hall–Kier alpha value is -8.93. The van der Waals surface area contributed by atoms with Crippen molar-refractivity contribution in [3.63, 3.8) is 0 Å². The summed E-state index contributed by atoms with van der Waals surface area (Å²) in [7, 11) is 0. The Bertz CT molecular complexity index is 3910. The first-order valence-electron chi connectivity index (χ1n) is 23.8. The molecule has 5 heteroatoms. The fraction of sp³-hybridized carbons (Fsp3) is 0.0469. The summed E-state index contributed by atoms with van der Waals surface area (Å²) in [6.07, 6.45) is 8.58. The van der Waals surface area contributed by atoms with E-state index < -0.39 is 5.41 Å². The van der Waals surface area contributed by atoms with E-state index in [1.807, 2.05) is 0 Å². The van der Waals surface area contributed by atoms with E-state index in [-0.39, 0.29) is 0 Å². The highest BCUT2D eigenvalue weighted by atomic mass is 15.2. The molecule has 0 amide bonds. The quantitative estimate of drug-likeness (QED) is 0.160. The summed E-state index contributed by atoms with van der Waals surface area (Å²) in [5.74, 6) is 1.84. The maximum atomic E-state index is 5.65. The monoisotopic (exact) mass is 881 g/mol. The molecule has 0 atom stereocenters. The van der Waals surface area contributed by atoms with E-state index in [1.165, 1.54) is 38.8 Å². The SMILES string of the molecule is C1=CC(c2nc(-c3cc4c5c(c3)c3ccccc3n5-c3ccccc3C4(c3ccccc3)c3ccccc3)nc(-n3c4cc(-c5ccccc5)ccc4c4ccc(-c5ccccc5)cc43)n2)=CCC1. The van der Waals surface area contributed by atoms with Crippen molar-refractivity contribution in [2.75, 3.05) is 0 Å². The third-order valence-electron chi connectivity index (χ3n) is 14.5. The van der Waals surface area contributed by atoms with Crippen LogP contribution in [0.4, 0.5) is 0 Å². The molecule has 0 N–H and O–H groups in total. The van der Waals surface area contributed by atoms with E-state index in [0.29, 0.717) is 17.6 Å². The van der Waals surface area contributed by atoms with Gasteiger partial charge in [0.15, 0.2) is 11.6 Å². The second-order valence-corrected chi connectivity index (χ2v) is 18.2. The van der Waals surface area contributed by atoms with Gasteiger partial charge in [-0.05, 0) is 93.7 Å². The number of allylic oxidation sites excluding steroid dienone is 4.